The SMILES string of the molecule is Cc1ccc(S(=O)(=O)Cn2nnnc2[C@H](C(C)C)N2CCN(c3ccccc3)CC2)cc1. The molecule has 1 aromatic heterocycles. The second-order valence-corrected chi connectivity index (χ2v) is 10.6. The topological polar surface area (TPSA) is 84.2 Å². The van der Waals surface area contributed by atoms with Crippen molar-refractivity contribution in [2.24, 2.45) is 5.92 Å². The van der Waals surface area contributed by atoms with Crippen LogP contribution in [0, 0.1) is 12.8 Å². The molecule has 2 heterocycles. The molecule has 32 heavy (non-hydrogen) atoms. The second kappa shape index (κ2) is 9.38. The minimum Gasteiger partial charge on any atom is -0.369 e. The fraction of sp³-hybridized carbons (Fsp3) is 0.435. The van der Waals surface area contributed by atoms with Crippen molar-refractivity contribution in [2.45, 2.75) is 37.6 Å². The Bertz CT molecular complexity index is 1120. The molecule has 1 aliphatic heterocycles. The zero-order valence-electron chi connectivity index (χ0n) is 18.8. The number of nitrogens with zero attached hydrogens (tertiary/aromatic N) is 6. The van der Waals surface area contributed by atoms with E-state index in [9.17, 15) is 8.42 Å². The number of hydrogen-bond acceptors (Lipinski definition) is 7. The summed E-state index contributed by atoms with van der Waals surface area (Å²) in [6, 6.07) is 17.2. The number of aromatic nitrogens is 4. The smallest absolute Gasteiger partial charge is 0.198 e. The summed E-state index contributed by atoms with van der Waals surface area (Å²) in [5.74, 6) is 0.556. The van der Waals surface area contributed by atoms with Crippen molar-refractivity contribution < 1.29 is 8.42 Å². The highest BCUT2D eigenvalue weighted by Crippen LogP contribution is 2.29. The number of tetrazole rings is 1. The standard InChI is InChI=1S/C23H30N6O2S/c1-18(2)22(28-15-13-27(14-16-28)20-7-5-4-6-8-20)23-24-25-26-29(23)17-32(30,31)21-11-9-19(3)10-12-21/h4-12,18,22H,13-17H2,1-3H3/t22-/m0/s1. The third kappa shape index (κ3) is 4.83. The Balaban J connectivity index is 1.52. The highest BCUT2D eigenvalue weighted by atomic mass is 32.2. The van der Waals surface area contributed by atoms with Crippen LogP contribution in [-0.4, -0.2) is 59.7 Å². The van der Waals surface area contributed by atoms with E-state index >= 15 is 0 Å². The predicted molar refractivity (Wildman–Crippen MR) is 124 cm³/mol. The summed E-state index contributed by atoms with van der Waals surface area (Å²) in [6.07, 6.45) is 0. The van der Waals surface area contributed by atoms with Crippen molar-refractivity contribution in [3.05, 3.63) is 66.0 Å². The largest absolute Gasteiger partial charge is 0.369 e. The highest BCUT2D eigenvalue weighted by Gasteiger charge is 2.32. The van der Waals surface area contributed by atoms with Crippen LogP contribution in [0.2, 0.25) is 0 Å². The molecule has 0 radical (unpaired) electrons. The molecule has 170 valence electrons. The molecular formula is C23H30N6O2S. The van der Waals surface area contributed by atoms with Gasteiger partial charge >= 0.3 is 0 Å². The van der Waals surface area contributed by atoms with Crippen LogP contribution in [0.1, 0.15) is 31.3 Å². The summed E-state index contributed by atoms with van der Waals surface area (Å²) < 4.78 is 27.4. The Morgan fingerprint density at radius 2 is 1.59 bits per heavy atom. The van der Waals surface area contributed by atoms with Crippen LogP contribution >= 0.6 is 0 Å². The van der Waals surface area contributed by atoms with Gasteiger partial charge in [0.15, 0.2) is 21.5 Å². The molecule has 9 heteroatoms. The van der Waals surface area contributed by atoms with E-state index in [1.54, 1.807) is 24.3 Å². The van der Waals surface area contributed by atoms with Gasteiger partial charge in [-0.3, -0.25) is 4.90 Å². The molecule has 0 N–H and O–H groups in total. The van der Waals surface area contributed by atoms with E-state index in [-0.39, 0.29) is 22.7 Å². The third-order valence-electron chi connectivity index (χ3n) is 5.96. The maximum Gasteiger partial charge on any atom is 0.198 e. The Morgan fingerprint density at radius 3 is 2.22 bits per heavy atom. The summed E-state index contributed by atoms with van der Waals surface area (Å²) in [5.41, 5.74) is 2.24. The summed E-state index contributed by atoms with van der Waals surface area (Å²) in [5, 5.41) is 12.1. The first kappa shape index (κ1) is 22.4. The molecule has 8 nitrogen and oxygen atoms in total. The van der Waals surface area contributed by atoms with Gasteiger partial charge < -0.3 is 4.90 Å². The van der Waals surface area contributed by atoms with Crippen molar-refractivity contribution in [1.29, 1.82) is 0 Å². The van der Waals surface area contributed by atoms with Gasteiger partial charge in [0.2, 0.25) is 0 Å². The number of sulfone groups is 1. The lowest BCUT2D eigenvalue weighted by Gasteiger charge is -2.41. The fourth-order valence-electron chi connectivity index (χ4n) is 4.28. The van der Waals surface area contributed by atoms with Gasteiger partial charge in [-0.25, -0.2) is 13.1 Å². The van der Waals surface area contributed by atoms with Crippen molar-refractivity contribution in [1.82, 2.24) is 25.1 Å². The third-order valence-corrected chi connectivity index (χ3v) is 7.53. The molecular weight excluding hydrogens is 424 g/mol. The average molecular weight is 455 g/mol. The van der Waals surface area contributed by atoms with Gasteiger partial charge in [-0.15, -0.1) is 5.10 Å². The first-order valence-electron chi connectivity index (χ1n) is 10.9. The Hall–Kier alpha value is -2.78. The lowest BCUT2D eigenvalue weighted by Crippen LogP contribution is -2.49. The highest BCUT2D eigenvalue weighted by molar-refractivity contribution is 7.90. The van der Waals surface area contributed by atoms with E-state index in [0.717, 1.165) is 31.7 Å². The van der Waals surface area contributed by atoms with Crippen LogP contribution in [0.3, 0.4) is 0 Å². The van der Waals surface area contributed by atoms with E-state index in [1.165, 1.54) is 10.4 Å². The van der Waals surface area contributed by atoms with Gasteiger partial charge in [0.05, 0.1) is 10.9 Å². The normalized spacial score (nSPS) is 16.4. The first-order valence-corrected chi connectivity index (χ1v) is 12.6. The number of rotatable bonds is 7. The Morgan fingerprint density at radius 1 is 0.938 bits per heavy atom. The number of hydrogen-bond donors (Lipinski definition) is 0. The van der Waals surface area contributed by atoms with Crippen LogP contribution in [-0.2, 0) is 15.7 Å². The van der Waals surface area contributed by atoms with Crippen molar-refractivity contribution >= 4 is 15.5 Å². The summed E-state index contributed by atoms with van der Waals surface area (Å²) in [4.78, 5) is 5.02. The Labute approximate surface area is 189 Å². The number of aryl methyl sites for hydroxylation is 1. The number of para-hydroxylation sites is 1. The number of benzene rings is 2. The van der Waals surface area contributed by atoms with Crippen molar-refractivity contribution in [3.8, 4) is 0 Å². The second-order valence-electron chi connectivity index (χ2n) is 8.64. The first-order chi connectivity index (χ1) is 15.3. The summed E-state index contributed by atoms with van der Waals surface area (Å²) >= 11 is 0. The molecule has 0 unspecified atom stereocenters. The molecule has 0 saturated carbocycles. The van der Waals surface area contributed by atoms with Gasteiger partial charge in [-0.05, 0) is 47.5 Å². The molecule has 1 fully saturated rings. The molecule has 1 saturated heterocycles. The quantitative estimate of drug-likeness (QED) is 0.543. The molecule has 2 aromatic carbocycles. The number of piperazine rings is 1. The molecule has 4 rings (SSSR count). The van der Waals surface area contributed by atoms with E-state index in [0.29, 0.717) is 5.82 Å². The lowest BCUT2D eigenvalue weighted by atomic mass is 10.0. The minimum atomic E-state index is -3.56. The van der Waals surface area contributed by atoms with Crippen LogP contribution in [0.5, 0.6) is 0 Å². The van der Waals surface area contributed by atoms with Crippen molar-refractivity contribution in [2.75, 3.05) is 31.1 Å². The van der Waals surface area contributed by atoms with Crippen LogP contribution < -0.4 is 4.90 Å². The van der Waals surface area contributed by atoms with Crippen LogP contribution in [0.15, 0.2) is 59.5 Å². The van der Waals surface area contributed by atoms with Crippen molar-refractivity contribution in [3.63, 3.8) is 0 Å². The average Bonchev–Trinajstić information content (AvgIpc) is 3.22. The maximum atomic E-state index is 13.0. The molecule has 1 aliphatic rings. The van der Waals surface area contributed by atoms with E-state index in [2.05, 4.69) is 63.4 Å². The monoisotopic (exact) mass is 454 g/mol. The number of anilines is 1. The summed E-state index contributed by atoms with van der Waals surface area (Å²) in [6.45, 7) is 9.70. The van der Waals surface area contributed by atoms with Gasteiger partial charge in [0, 0.05) is 31.9 Å². The van der Waals surface area contributed by atoms with Gasteiger partial charge in [-0.2, -0.15) is 0 Å². The minimum absolute atomic E-state index is 0.0591. The van der Waals surface area contributed by atoms with Gasteiger partial charge in [0.25, 0.3) is 0 Å². The lowest BCUT2D eigenvalue weighted by molar-refractivity contribution is 0.135. The molecule has 0 bridgehead atoms. The molecule has 0 amide bonds. The predicted octanol–water partition coefficient (Wildman–Crippen LogP) is 2.93. The maximum absolute atomic E-state index is 13.0. The molecule has 3 aromatic rings. The van der Waals surface area contributed by atoms with Gasteiger partial charge in [0.1, 0.15) is 0 Å². The molecule has 0 spiro atoms. The molecule has 1 atom stereocenters. The van der Waals surface area contributed by atoms with Crippen LogP contribution in [0.25, 0.3) is 0 Å². The van der Waals surface area contributed by atoms with Gasteiger partial charge in [-0.1, -0.05) is 49.7 Å². The fourth-order valence-corrected chi connectivity index (χ4v) is 5.48. The van der Waals surface area contributed by atoms with E-state index in [4.69, 9.17) is 0 Å². The van der Waals surface area contributed by atoms with E-state index < -0.39 is 9.84 Å². The molecule has 0 aliphatic carbocycles. The zero-order chi connectivity index (χ0) is 22.7. The summed E-state index contributed by atoms with van der Waals surface area (Å²) in [7, 11) is -3.56. The van der Waals surface area contributed by atoms with E-state index in [1.807, 2.05) is 13.0 Å². The van der Waals surface area contributed by atoms with Crippen LogP contribution in [0.4, 0.5) is 5.69 Å². The zero-order valence-corrected chi connectivity index (χ0v) is 19.6. The Kier molecular flexibility index (Phi) is 6.57.